The van der Waals surface area contributed by atoms with Crippen molar-refractivity contribution in [3.8, 4) is 0 Å². The zero-order chi connectivity index (χ0) is 6.28. The summed E-state index contributed by atoms with van der Waals surface area (Å²) < 4.78 is 0. The molecule has 0 rings (SSSR count). The molecule has 3 N–H and O–H groups in total. The maximum Gasteiger partial charge on any atom is 0.243 e. The molecule has 3 nitrogen and oxygen atoms in total. The molecule has 0 fully saturated rings. The van der Waals surface area contributed by atoms with Gasteiger partial charge in [-0.05, 0) is 0 Å². The number of hydrogen-bond donors (Lipinski definition) is 2. The fraction of sp³-hybridized carbons (Fsp3) is 0.750. The molecule has 0 aromatic heterocycles. The Kier molecular flexibility index (Phi) is 12.5. The van der Waals surface area contributed by atoms with Crippen LogP contribution in [0.15, 0.2) is 0 Å². The summed E-state index contributed by atoms with van der Waals surface area (Å²) in [6, 6.07) is 0. The zero-order valence-electron chi connectivity index (χ0n) is 4.64. The van der Waals surface area contributed by atoms with Crippen LogP contribution in [-0.4, -0.2) is 17.6 Å². The lowest BCUT2D eigenvalue weighted by Gasteiger charge is -1.73. The van der Waals surface area contributed by atoms with Crippen molar-refractivity contribution in [1.29, 1.82) is 0 Å². The summed E-state index contributed by atoms with van der Waals surface area (Å²) in [7, 11) is 0. The van der Waals surface area contributed by atoms with E-state index in [2.05, 4.69) is 5.73 Å². The van der Waals surface area contributed by atoms with Gasteiger partial charge in [0.1, 0.15) is 6.61 Å². The van der Waals surface area contributed by atoms with E-state index in [1.807, 2.05) is 13.8 Å². The second-order valence-corrected chi connectivity index (χ2v) is 0.624. The van der Waals surface area contributed by atoms with E-state index in [1.165, 1.54) is 0 Å². The molecule has 3 heteroatoms. The molecule has 0 aliphatic rings. The third-order valence-corrected chi connectivity index (χ3v) is 0.156. The van der Waals surface area contributed by atoms with Crippen molar-refractivity contribution in [1.82, 2.24) is 0 Å². The Morgan fingerprint density at radius 2 is 1.86 bits per heavy atom. The molecule has 0 spiro atoms. The van der Waals surface area contributed by atoms with Crippen LogP contribution in [0.5, 0.6) is 0 Å². The second-order valence-electron chi connectivity index (χ2n) is 0.624. The van der Waals surface area contributed by atoms with Gasteiger partial charge in [-0.3, -0.25) is 4.79 Å². The third kappa shape index (κ3) is 31.2. The van der Waals surface area contributed by atoms with Crippen LogP contribution in [0.4, 0.5) is 0 Å². The van der Waals surface area contributed by atoms with Gasteiger partial charge in [-0.1, -0.05) is 13.8 Å². The average Bonchev–Trinajstić information content (AvgIpc) is 1.73. The van der Waals surface area contributed by atoms with Crippen molar-refractivity contribution in [2.75, 3.05) is 6.61 Å². The molecule has 44 valence electrons. The van der Waals surface area contributed by atoms with Crippen molar-refractivity contribution in [2.24, 2.45) is 5.73 Å². The molecule has 0 aliphatic carbocycles. The van der Waals surface area contributed by atoms with Gasteiger partial charge in [0.05, 0.1) is 0 Å². The van der Waals surface area contributed by atoms with Crippen molar-refractivity contribution >= 4 is 5.91 Å². The van der Waals surface area contributed by atoms with Gasteiger partial charge in [0, 0.05) is 0 Å². The van der Waals surface area contributed by atoms with Gasteiger partial charge in [0.15, 0.2) is 0 Å². The van der Waals surface area contributed by atoms with Crippen LogP contribution in [0, 0.1) is 0 Å². The maximum atomic E-state index is 9.34. The number of aliphatic hydroxyl groups is 1. The van der Waals surface area contributed by atoms with E-state index in [0.29, 0.717) is 0 Å². The molecule has 0 saturated carbocycles. The normalized spacial score (nSPS) is 6.14. The van der Waals surface area contributed by atoms with E-state index in [0.717, 1.165) is 0 Å². The summed E-state index contributed by atoms with van der Waals surface area (Å²) in [6.07, 6.45) is 0. The fourth-order valence-electron chi connectivity index (χ4n) is 0. The number of carbonyl (C=O) groups excluding carboxylic acids is 1. The van der Waals surface area contributed by atoms with Crippen LogP contribution in [0.3, 0.4) is 0 Å². The molecule has 0 unspecified atom stereocenters. The van der Waals surface area contributed by atoms with Crippen molar-refractivity contribution in [3.63, 3.8) is 0 Å². The molecule has 0 bridgehead atoms. The largest absolute Gasteiger partial charge is 0.387 e. The molecule has 0 aromatic rings. The third-order valence-electron chi connectivity index (χ3n) is 0.156. The number of nitrogens with two attached hydrogens (primary N) is 1. The molecule has 0 atom stereocenters. The predicted molar refractivity (Wildman–Crippen MR) is 27.6 cm³/mol. The minimum atomic E-state index is -0.690. The fourth-order valence-corrected chi connectivity index (χ4v) is 0. The summed E-state index contributed by atoms with van der Waals surface area (Å²) >= 11 is 0. The molecule has 0 aromatic carbocycles. The first kappa shape index (κ1) is 9.66. The summed E-state index contributed by atoms with van der Waals surface area (Å²) in [4.78, 5) is 9.34. The van der Waals surface area contributed by atoms with E-state index in [1.54, 1.807) is 0 Å². The highest BCUT2D eigenvalue weighted by molar-refractivity contribution is 5.74. The van der Waals surface area contributed by atoms with E-state index in [4.69, 9.17) is 5.11 Å². The van der Waals surface area contributed by atoms with E-state index < -0.39 is 12.5 Å². The van der Waals surface area contributed by atoms with Gasteiger partial charge >= 0.3 is 0 Å². The number of carbonyl (C=O) groups is 1. The summed E-state index contributed by atoms with van der Waals surface area (Å²) in [5.41, 5.74) is 4.40. The Labute approximate surface area is 43.1 Å². The highest BCUT2D eigenvalue weighted by Gasteiger charge is 1.78. The molecule has 1 amide bonds. The van der Waals surface area contributed by atoms with Crippen LogP contribution in [0.25, 0.3) is 0 Å². The Morgan fingerprint density at radius 3 is 1.86 bits per heavy atom. The Bertz CT molecular complexity index is 45.0. The lowest BCUT2D eigenvalue weighted by Crippen LogP contribution is -2.14. The van der Waals surface area contributed by atoms with E-state index in [-0.39, 0.29) is 0 Å². The second kappa shape index (κ2) is 9.06. The first-order valence-corrected chi connectivity index (χ1v) is 2.16. The first-order valence-electron chi connectivity index (χ1n) is 2.16. The van der Waals surface area contributed by atoms with Gasteiger partial charge in [-0.25, -0.2) is 0 Å². The molecule has 0 radical (unpaired) electrons. The Balaban J connectivity index is 0. The lowest BCUT2D eigenvalue weighted by atomic mass is 10.7. The number of amides is 1. The maximum absolute atomic E-state index is 9.34. The average molecular weight is 105 g/mol. The number of primary amides is 1. The molecule has 0 heterocycles. The smallest absolute Gasteiger partial charge is 0.243 e. The van der Waals surface area contributed by atoms with Crippen LogP contribution in [0.1, 0.15) is 13.8 Å². The van der Waals surface area contributed by atoms with Crippen LogP contribution >= 0.6 is 0 Å². The SMILES string of the molecule is CC.NC(=O)CO. The van der Waals surface area contributed by atoms with Crippen LogP contribution in [-0.2, 0) is 4.79 Å². The van der Waals surface area contributed by atoms with E-state index >= 15 is 0 Å². The van der Waals surface area contributed by atoms with Crippen LogP contribution in [0.2, 0.25) is 0 Å². The predicted octanol–water partition coefficient (Wildman–Crippen LogP) is -0.510. The first-order chi connectivity index (χ1) is 3.27. The van der Waals surface area contributed by atoms with Gasteiger partial charge in [-0.15, -0.1) is 0 Å². The number of aliphatic hydroxyl groups excluding tert-OH is 1. The molecular formula is C4H11NO2. The number of rotatable bonds is 1. The summed E-state index contributed by atoms with van der Waals surface area (Å²) in [6.45, 7) is 3.44. The summed E-state index contributed by atoms with van der Waals surface area (Å²) in [5.74, 6) is -0.690. The van der Waals surface area contributed by atoms with Crippen molar-refractivity contribution in [3.05, 3.63) is 0 Å². The van der Waals surface area contributed by atoms with Gasteiger partial charge in [-0.2, -0.15) is 0 Å². The molecular weight excluding hydrogens is 94.0 g/mol. The Morgan fingerprint density at radius 1 is 1.71 bits per heavy atom. The highest BCUT2D eigenvalue weighted by atomic mass is 16.3. The minimum absolute atomic E-state index is 0.556. The van der Waals surface area contributed by atoms with Gasteiger partial charge in [0.2, 0.25) is 5.91 Å². The standard InChI is InChI=1S/C2H5NO2.C2H6/c3-2(5)1-4;1-2/h4H,1H2,(H2,3,5);1-2H3. The van der Waals surface area contributed by atoms with Crippen molar-refractivity contribution < 1.29 is 9.90 Å². The van der Waals surface area contributed by atoms with Crippen molar-refractivity contribution in [2.45, 2.75) is 13.8 Å². The summed E-state index contributed by atoms with van der Waals surface area (Å²) in [5, 5.41) is 7.67. The zero-order valence-corrected chi connectivity index (χ0v) is 4.64. The van der Waals surface area contributed by atoms with Gasteiger partial charge < -0.3 is 10.8 Å². The molecule has 7 heavy (non-hydrogen) atoms. The molecule has 0 saturated heterocycles. The van der Waals surface area contributed by atoms with Gasteiger partial charge in [0.25, 0.3) is 0 Å². The highest BCUT2D eigenvalue weighted by Crippen LogP contribution is 1.42. The molecule has 0 aliphatic heterocycles. The van der Waals surface area contributed by atoms with Crippen LogP contribution < -0.4 is 5.73 Å². The lowest BCUT2D eigenvalue weighted by molar-refractivity contribution is -0.120. The quantitative estimate of drug-likeness (QED) is 0.471. The minimum Gasteiger partial charge on any atom is -0.387 e. The topological polar surface area (TPSA) is 63.3 Å². The Hall–Kier alpha value is -0.570. The van der Waals surface area contributed by atoms with E-state index in [9.17, 15) is 4.79 Å². The number of hydrogen-bond acceptors (Lipinski definition) is 2. The monoisotopic (exact) mass is 105 g/mol.